The highest BCUT2D eigenvalue weighted by molar-refractivity contribution is 5.98. The molecule has 1 atom stereocenters. The molecule has 1 unspecified atom stereocenters. The number of carbonyl (C=O) groups is 2. The van der Waals surface area contributed by atoms with E-state index in [1.54, 1.807) is 11.0 Å². The van der Waals surface area contributed by atoms with E-state index < -0.39 is 16.4 Å². The minimum atomic E-state index is -0.570. The van der Waals surface area contributed by atoms with Gasteiger partial charge in [-0.05, 0) is 45.6 Å². The Morgan fingerprint density at radius 1 is 1.35 bits per heavy atom. The Kier molecular flexibility index (Phi) is 6.18. The number of hydrogen-bond acceptors (Lipinski definition) is 5. The Labute approximate surface area is 152 Å². The van der Waals surface area contributed by atoms with Gasteiger partial charge in [0.25, 0.3) is 11.6 Å². The van der Waals surface area contributed by atoms with Crippen molar-refractivity contribution < 1.29 is 19.2 Å². The third-order valence-electron chi connectivity index (χ3n) is 4.07. The number of nitrogens with one attached hydrogen (secondary N) is 1. The van der Waals surface area contributed by atoms with Crippen molar-refractivity contribution in [1.82, 2.24) is 10.2 Å². The molecule has 1 N–H and O–H groups in total. The van der Waals surface area contributed by atoms with Gasteiger partial charge in [-0.1, -0.05) is 12.1 Å². The highest BCUT2D eigenvalue weighted by Gasteiger charge is 2.28. The minimum absolute atomic E-state index is 0.0392. The molecule has 0 spiro atoms. The van der Waals surface area contributed by atoms with Crippen molar-refractivity contribution in [2.45, 2.75) is 39.2 Å². The zero-order valence-electron chi connectivity index (χ0n) is 15.4. The Morgan fingerprint density at radius 2 is 2.04 bits per heavy atom. The lowest BCUT2D eigenvalue weighted by atomic mass is 9.98. The van der Waals surface area contributed by atoms with E-state index in [1.165, 1.54) is 18.2 Å². The van der Waals surface area contributed by atoms with Crippen LogP contribution in [0.4, 0.5) is 10.5 Å². The molecule has 8 heteroatoms. The van der Waals surface area contributed by atoms with Gasteiger partial charge in [0.15, 0.2) is 0 Å². The normalized spacial score (nSPS) is 17.5. The summed E-state index contributed by atoms with van der Waals surface area (Å²) in [5.41, 5.74) is -0.730. The first-order valence-corrected chi connectivity index (χ1v) is 8.67. The molecule has 0 saturated carbocycles. The third-order valence-corrected chi connectivity index (χ3v) is 4.07. The molecule has 1 aromatic carbocycles. The Hall–Kier alpha value is -2.64. The summed E-state index contributed by atoms with van der Waals surface area (Å²) in [6.07, 6.45) is 1.34. The monoisotopic (exact) mass is 363 g/mol. The first-order valence-electron chi connectivity index (χ1n) is 8.67. The van der Waals surface area contributed by atoms with Gasteiger partial charge >= 0.3 is 6.09 Å². The van der Waals surface area contributed by atoms with Gasteiger partial charge in [-0.15, -0.1) is 0 Å². The lowest BCUT2D eigenvalue weighted by molar-refractivity contribution is -0.385. The van der Waals surface area contributed by atoms with Crippen molar-refractivity contribution in [3.05, 3.63) is 39.9 Å². The summed E-state index contributed by atoms with van der Waals surface area (Å²) in [6.45, 7) is 6.93. The predicted molar refractivity (Wildman–Crippen MR) is 96.0 cm³/mol. The molecular weight excluding hydrogens is 338 g/mol. The number of para-hydroxylation sites is 1. The average molecular weight is 363 g/mol. The maximum Gasteiger partial charge on any atom is 0.410 e. The van der Waals surface area contributed by atoms with Crippen molar-refractivity contribution in [2.75, 3.05) is 19.6 Å². The van der Waals surface area contributed by atoms with Gasteiger partial charge in [0.1, 0.15) is 11.2 Å². The fourth-order valence-electron chi connectivity index (χ4n) is 2.88. The lowest BCUT2D eigenvalue weighted by Crippen LogP contribution is -2.45. The van der Waals surface area contributed by atoms with Crippen LogP contribution in [0.15, 0.2) is 24.3 Å². The van der Waals surface area contributed by atoms with Crippen molar-refractivity contribution in [1.29, 1.82) is 0 Å². The van der Waals surface area contributed by atoms with Crippen molar-refractivity contribution in [2.24, 2.45) is 5.92 Å². The van der Waals surface area contributed by atoms with E-state index in [0.29, 0.717) is 19.6 Å². The van der Waals surface area contributed by atoms with Crippen molar-refractivity contribution in [3.63, 3.8) is 0 Å². The topological polar surface area (TPSA) is 102 Å². The van der Waals surface area contributed by atoms with Crippen LogP contribution in [-0.4, -0.2) is 47.1 Å². The molecule has 0 aromatic heterocycles. The largest absolute Gasteiger partial charge is 0.444 e. The van der Waals surface area contributed by atoms with Crippen LogP contribution in [0.2, 0.25) is 0 Å². The van der Waals surface area contributed by atoms with Gasteiger partial charge in [0.05, 0.1) is 4.92 Å². The first-order chi connectivity index (χ1) is 12.2. The Balaban J connectivity index is 1.92. The number of likely N-dealkylation sites (tertiary alicyclic amines) is 1. The molecule has 1 aliphatic heterocycles. The highest BCUT2D eigenvalue weighted by Crippen LogP contribution is 2.20. The molecule has 26 heavy (non-hydrogen) atoms. The van der Waals surface area contributed by atoms with Gasteiger partial charge < -0.3 is 15.0 Å². The molecule has 1 fully saturated rings. The van der Waals surface area contributed by atoms with Crippen LogP contribution in [0, 0.1) is 16.0 Å². The van der Waals surface area contributed by atoms with Crippen LogP contribution in [0.5, 0.6) is 0 Å². The number of ether oxygens (including phenoxy) is 1. The molecule has 2 rings (SSSR count). The van der Waals surface area contributed by atoms with E-state index >= 15 is 0 Å². The van der Waals surface area contributed by atoms with Crippen LogP contribution < -0.4 is 5.32 Å². The fraction of sp³-hybridized carbons (Fsp3) is 0.556. The molecule has 2 amide bonds. The number of rotatable bonds is 4. The van der Waals surface area contributed by atoms with Gasteiger partial charge in [0.2, 0.25) is 0 Å². The number of nitrogens with zero attached hydrogens (tertiary/aromatic N) is 2. The molecule has 1 aromatic rings. The Morgan fingerprint density at radius 3 is 2.69 bits per heavy atom. The number of amides is 2. The molecule has 0 radical (unpaired) electrons. The summed E-state index contributed by atoms with van der Waals surface area (Å²) in [7, 11) is 0. The third kappa shape index (κ3) is 5.44. The van der Waals surface area contributed by atoms with E-state index in [-0.39, 0.29) is 23.3 Å². The summed E-state index contributed by atoms with van der Waals surface area (Å²) in [4.78, 5) is 36.6. The van der Waals surface area contributed by atoms with Crippen LogP contribution in [-0.2, 0) is 4.74 Å². The average Bonchev–Trinajstić information content (AvgIpc) is 2.58. The first kappa shape index (κ1) is 19.7. The molecule has 1 saturated heterocycles. The second-order valence-electron chi connectivity index (χ2n) is 7.42. The maximum absolute atomic E-state index is 12.3. The molecular formula is C18H25N3O5. The number of carbonyl (C=O) groups excluding carboxylic acids is 2. The van der Waals surface area contributed by atoms with Gasteiger partial charge in [-0.2, -0.15) is 0 Å². The lowest BCUT2D eigenvalue weighted by Gasteiger charge is -2.34. The predicted octanol–water partition coefficient (Wildman–Crippen LogP) is 2.97. The number of nitro groups is 1. The summed E-state index contributed by atoms with van der Waals surface area (Å²) < 4.78 is 5.39. The van der Waals surface area contributed by atoms with Crippen LogP contribution >= 0.6 is 0 Å². The Bertz CT molecular complexity index is 684. The molecule has 0 aliphatic carbocycles. The quantitative estimate of drug-likeness (QED) is 0.654. The zero-order chi connectivity index (χ0) is 19.3. The maximum atomic E-state index is 12.3. The second kappa shape index (κ2) is 8.16. The molecule has 142 valence electrons. The number of benzene rings is 1. The summed E-state index contributed by atoms with van der Waals surface area (Å²) in [5.74, 6) is -0.394. The number of hydrogen-bond donors (Lipinski definition) is 1. The van der Waals surface area contributed by atoms with Gasteiger partial charge in [-0.3, -0.25) is 14.9 Å². The minimum Gasteiger partial charge on any atom is -0.444 e. The summed E-state index contributed by atoms with van der Waals surface area (Å²) >= 11 is 0. The molecule has 1 heterocycles. The highest BCUT2D eigenvalue weighted by atomic mass is 16.6. The second-order valence-corrected chi connectivity index (χ2v) is 7.42. The van der Waals surface area contributed by atoms with E-state index in [1.807, 2.05) is 20.8 Å². The number of piperidine rings is 1. The zero-order valence-corrected chi connectivity index (χ0v) is 15.4. The van der Waals surface area contributed by atoms with E-state index in [0.717, 1.165) is 12.8 Å². The molecule has 1 aliphatic rings. The summed E-state index contributed by atoms with van der Waals surface area (Å²) in [5, 5.41) is 13.8. The smallest absolute Gasteiger partial charge is 0.410 e. The number of nitro benzene ring substituents is 1. The molecule has 8 nitrogen and oxygen atoms in total. The van der Waals surface area contributed by atoms with E-state index in [9.17, 15) is 19.7 Å². The van der Waals surface area contributed by atoms with Gasteiger partial charge in [-0.25, -0.2) is 4.79 Å². The van der Waals surface area contributed by atoms with Crippen molar-refractivity contribution in [3.8, 4) is 0 Å². The fourth-order valence-corrected chi connectivity index (χ4v) is 2.88. The van der Waals surface area contributed by atoms with Crippen LogP contribution in [0.25, 0.3) is 0 Å². The van der Waals surface area contributed by atoms with E-state index in [4.69, 9.17) is 4.74 Å². The van der Waals surface area contributed by atoms with Crippen molar-refractivity contribution >= 4 is 17.7 Å². The molecule has 0 bridgehead atoms. The SMILES string of the molecule is CC(C)(C)OC(=O)N1CCCC(CNC(=O)c2ccccc2[N+](=O)[O-])C1. The van der Waals surface area contributed by atoms with Gasteiger partial charge in [0, 0.05) is 25.7 Å². The van der Waals surface area contributed by atoms with Crippen LogP contribution in [0.3, 0.4) is 0 Å². The standard InChI is InChI=1S/C18H25N3O5/c1-18(2,3)26-17(23)20-10-6-7-13(12-20)11-19-16(22)14-8-4-5-9-15(14)21(24)25/h4-5,8-9,13H,6-7,10-12H2,1-3H3,(H,19,22). The van der Waals surface area contributed by atoms with E-state index in [2.05, 4.69) is 5.32 Å². The summed E-state index contributed by atoms with van der Waals surface area (Å²) in [6, 6.07) is 5.85. The van der Waals surface area contributed by atoms with Crippen LogP contribution in [0.1, 0.15) is 44.0 Å².